The molecule has 0 aromatic heterocycles. The average molecular weight is 200 g/mol. The van der Waals surface area contributed by atoms with Gasteiger partial charge in [-0.05, 0) is 19.3 Å². The first-order chi connectivity index (χ1) is 6.70. The molecule has 1 amide bonds. The molecule has 0 radical (unpaired) electrons. The molecule has 0 spiro atoms. The topological polar surface area (TPSA) is 83.6 Å². The van der Waals surface area contributed by atoms with E-state index in [1.165, 1.54) is 4.90 Å². The van der Waals surface area contributed by atoms with Gasteiger partial charge in [0.05, 0.1) is 12.1 Å². The number of nitrogens with two attached hydrogens (primary N) is 1. The standard InChI is InChI=1S/C9H16N2O3/c10-8(3-5-12)9(14)11-4-1-2-7(11)6-13/h6-8,12H,1-5,10H2/t7-,8-/m0/s1. The second kappa shape index (κ2) is 5.07. The summed E-state index contributed by atoms with van der Waals surface area (Å²) in [6.45, 7) is 0.494. The van der Waals surface area contributed by atoms with Gasteiger partial charge in [0.2, 0.25) is 5.91 Å². The van der Waals surface area contributed by atoms with Crippen LogP contribution < -0.4 is 5.73 Å². The SMILES string of the molecule is N[C@@H](CCO)C(=O)N1CCC[C@H]1C=O. The molecule has 1 heterocycles. The minimum absolute atomic E-state index is 0.105. The number of aldehydes is 1. The van der Waals surface area contributed by atoms with Crippen LogP contribution >= 0.6 is 0 Å². The van der Waals surface area contributed by atoms with Gasteiger partial charge in [-0.1, -0.05) is 0 Å². The Morgan fingerprint density at radius 1 is 1.71 bits per heavy atom. The van der Waals surface area contributed by atoms with Crippen LogP contribution in [0.2, 0.25) is 0 Å². The second-order valence-corrected chi connectivity index (χ2v) is 3.50. The van der Waals surface area contributed by atoms with Gasteiger partial charge in [-0.25, -0.2) is 0 Å². The van der Waals surface area contributed by atoms with Gasteiger partial charge in [-0.2, -0.15) is 0 Å². The van der Waals surface area contributed by atoms with E-state index in [9.17, 15) is 9.59 Å². The molecule has 1 aliphatic heterocycles. The van der Waals surface area contributed by atoms with E-state index >= 15 is 0 Å². The number of carbonyl (C=O) groups excluding carboxylic acids is 2. The molecule has 0 bridgehead atoms. The molecule has 0 unspecified atom stereocenters. The van der Waals surface area contributed by atoms with E-state index < -0.39 is 6.04 Å². The lowest BCUT2D eigenvalue weighted by molar-refractivity contribution is -0.136. The number of nitrogens with zero attached hydrogens (tertiary/aromatic N) is 1. The van der Waals surface area contributed by atoms with Crippen molar-refractivity contribution in [2.75, 3.05) is 13.2 Å². The second-order valence-electron chi connectivity index (χ2n) is 3.50. The number of likely N-dealkylation sites (tertiary alicyclic amines) is 1. The summed E-state index contributed by atoms with van der Waals surface area (Å²) in [5.41, 5.74) is 5.56. The van der Waals surface area contributed by atoms with Gasteiger partial charge in [0, 0.05) is 13.2 Å². The van der Waals surface area contributed by atoms with E-state index in [-0.39, 0.29) is 25.0 Å². The lowest BCUT2D eigenvalue weighted by Crippen LogP contribution is -2.46. The molecular formula is C9H16N2O3. The molecule has 80 valence electrons. The summed E-state index contributed by atoms with van der Waals surface area (Å²) in [6.07, 6.45) is 2.61. The van der Waals surface area contributed by atoms with Crippen molar-refractivity contribution >= 4 is 12.2 Å². The van der Waals surface area contributed by atoms with Crippen LogP contribution in [0.3, 0.4) is 0 Å². The molecule has 0 aliphatic carbocycles. The third-order valence-corrected chi connectivity index (χ3v) is 2.50. The summed E-state index contributed by atoms with van der Waals surface area (Å²) in [4.78, 5) is 23.8. The maximum atomic E-state index is 11.6. The molecule has 2 atom stereocenters. The van der Waals surface area contributed by atoms with Crippen LogP contribution in [-0.4, -0.2) is 47.4 Å². The highest BCUT2D eigenvalue weighted by molar-refractivity contribution is 5.84. The first kappa shape index (κ1) is 11.1. The third-order valence-electron chi connectivity index (χ3n) is 2.50. The summed E-state index contributed by atoms with van der Waals surface area (Å²) in [5, 5.41) is 8.63. The number of amides is 1. The van der Waals surface area contributed by atoms with Crippen LogP contribution in [0.15, 0.2) is 0 Å². The van der Waals surface area contributed by atoms with Gasteiger partial charge in [-0.3, -0.25) is 4.79 Å². The molecule has 1 aliphatic rings. The quantitative estimate of drug-likeness (QED) is 0.563. The Morgan fingerprint density at radius 2 is 2.43 bits per heavy atom. The van der Waals surface area contributed by atoms with E-state index in [2.05, 4.69) is 0 Å². The predicted octanol–water partition coefficient (Wildman–Crippen LogP) is -1.11. The molecule has 1 rings (SSSR count). The van der Waals surface area contributed by atoms with Crippen molar-refractivity contribution in [3.8, 4) is 0 Å². The van der Waals surface area contributed by atoms with Gasteiger partial charge >= 0.3 is 0 Å². The van der Waals surface area contributed by atoms with Crippen LogP contribution in [0.4, 0.5) is 0 Å². The van der Waals surface area contributed by atoms with Crippen LogP contribution in [0, 0.1) is 0 Å². The molecule has 5 nitrogen and oxygen atoms in total. The third kappa shape index (κ3) is 2.30. The molecule has 0 aromatic carbocycles. The zero-order valence-corrected chi connectivity index (χ0v) is 8.06. The van der Waals surface area contributed by atoms with E-state index in [1.54, 1.807) is 0 Å². The van der Waals surface area contributed by atoms with Crippen molar-refractivity contribution in [1.82, 2.24) is 4.90 Å². The number of rotatable bonds is 4. The van der Waals surface area contributed by atoms with E-state index in [4.69, 9.17) is 10.8 Å². The molecule has 3 N–H and O–H groups in total. The Kier molecular flexibility index (Phi) is 4.03. The van der Waals surface area contributed by atoms with E-state index in [1.807, 2.05) is 0 Å². The number of hydrogen-bond donors (Lipinski definition) is 2. The first-order valence-electron chi connectivity index (χ1n) is 4.83. The minimum atomic E-state index is -0.680. The highest BCUT2D eigenvalue weighted by Crippen LogP contribution is 2.16. The number of hydrogen-bond acceptors (Lipinski definition) is 4. The highest BCUT2D eigenvalue weighted by Gasteiger charge is 2.30. The van der Waals surface area contributed by atoms with Crippen molar-refractivity contribution < 1.29 is 14.7 Å². The van der Waals surface area contributed by atoms with Gasteiger partial charge in [-0.15, -0.1) is 0 Å². The van der Waals surface area contributed by atoms with Gasteiger partial charge in [0.1, 0.15) is 6.29 Å². The molecule has 5 heteroatoms. The van der Waals surface area contributed by atoms with Crippen LogP contribution in [0.25, 0.3) is 0 Å². The summed E-state index contributed by atoms with van der Waals surface area (Å²) in [7, 11) is 0. The zero-order chi connectivity index (χ0) is 10.6. The fourth-order valence-corrected chi connectivity index (χ4v) is 1.68. The molecular weight excluding hydrogens is 184 g/mol. The summed E-state index contributed by atoms with van der Waals surface area (Å²) in [5.74, 6) is -0.228. The van der Waals surface area contributed by atoms with Crippen LogP contribution in [0.1, 0.15) is 19.3 Å². The van der Waals surface area contributed by atoms with Crippen molar-refractivity contribution in [2.24, 2.45) is 5.73 Å². The first-order valence-corrected chi connectivity index (χ1v) is 4.83. The normalized spacial score (nSPS) is 23.6. The fourth-order valence-electron chi connectivity index (χ4n) is 1.68. The summed E-state index contributed by atoms with van der Waals surface area (Å²) < 4.78 is 0. The minimum Gasteiger partial charge on any atom is -0.396 e. The summed E-state index contributed by atoms with van der Waals surface area (Å²) >= 11 is 0. The van der Waals surface area contributed by atoms with Crippen LogP contribution in [-0.2, 0) is 9.59 Å². The monoisotopic (exact) mass is 200 g/mol. The largest absolute Gasteiger partial charge is 0.396 e. The lowest BCUT2D eigenvalue weighted by atomic mass is 10.2. The molecule has 0 saturated carbocycles. The molecule has 0 aromatic rings. The molecule has 1 fully saturated rings. The Bertz CT molecular complexity index is 220. The van der Waals surface area contributed by atoms with E-state index in [0.29, 0.717) is 6.54 Å². The molecule has 14 heavy (non-hydrogen) atoms. The number of aliphatic hydroxyl groups excluding tert-OH is 1. The van der Waals surface area contributed by atoms with Gasteiger partial charge in [0.15, 0.2) is 0 Å². The number of carbonyl (C=O) groups is 2. The van der Waals surface area contributed by atoms with Crippen molar-refractivity contribution in [2.45, 2.75) is 31.3 Å². The van der Waals surface area contributed by atoms with Crippen LogP contribution in [0.5, 0.6) is 0 Å². The molecule has 1 saturated heterocycles. The summed E-state index contributed by atoms with van der Waals surface area (Å²) in [6, 6.07) is -0.993. The van der Waals surface area contributed by atoms with Crippen molar-refractivity contribution in [3.05, 3.63) is 0 Å². The van der Waals surface area contributed by atoms with E-state index in [0.717, 1.165) is 19.1 Å². The maximum absolute atomic E-state index is 11.6. The Morgan fingerprint density at radius 3 is 3.00 bits per heavy atom. The maximum Gasteiger partial charge on any atom is 0.240 e. The smallest absolute Gasteiger partial charge is 0.240 e. The van der Waals surface area contributed by atoms with Gasteiger partial charge in [0.25, 0.3) is 0 Å². The Hall–Kier alpha value is -0.940. The average Bonchev–Trinajstić information content (AvgIpc) is 2.64. The predicted molar refractivity (Wildman–Crippen MR) is 50.5 cm³/mol. The fraction of sp³-hybridized carbons (Fsp3) is 0.778. The van der Waals surface area contributed by atoms with Gasteiger partial charge < -0.3 is 20.5 Å². The Labute approximate surface area is 82.9 Å². The van der Waals surface area contributed by atoms with Crippen molar-refractivity contribution in [1.29, 1.82) is 0 Å². The zero-order valence-electron chi connectivity index (χ0n) is 8.06. The Balaban J connectivity index is 2.54. The number of aliphatic hydroxyl groups is 1. The highest BCUT2D eigenvalue weighted by atomic mass is 16.3. The lowest BCUT2D eigenvalue weighted by Gasteiger charge is -2.23. The van der Waals surface area contributed by atoms with Crippen molar-refractivity contribution in [3.63, 3.8) is 0 Å².